The van der Waals surface area contributed by atoms with E-state index < -0.39 is 17.9 Å². The summed E-state index contributed by atoms with van der Waals surface area (Å²) in [5.41, 5.74) is 2.17. The van der Waals surface area contributed by atoms with Crippen molar-refractivity contribution in [2.75, 3.05) is 6.54 Å². The summed E-state index contributed by atoms with van der Waals surface area (Å²) >= 11 is 0. The Morgan fingerprint density at radius 1 is 1.20 bits per heavy atom. The maximum absolute atomic E-state index is 12.9. The summed E-state index contributed by atoms with van der Waals surface area (Å²) < 4.78 is 18.1. The number of carboxylic acid groups (broad SMARTS) is 1. The summed E-state index contributed by atoms with van der Waals surface area (Å²) in [5, 5.41) is 11.8. The van der Waals surface area contributed by atoms with Crippen molar-refractivity contribution < 1.29 is 23.8 Å². The zero-order chi connectivity index (χ0) is 18.2. The minimum atomic E-state index is -1.24. The van der Waals surface area contributed by atoms with Gasteiger partial charge in [-0.15, -0.1) is 0 Å². The van der Waals surface area contributed by atoms with Crippen LogP contribution in [0.2, 0.25) is 0 Å². The first kappa shape index (κ1) is 18.4. The Hall–Kier alpha value is -2.89. The summed E-state index contributed by atoms with van der Waals surface area (Å²) in [7, 11) is 0. The fourth-order valence-electron chi connectivity index (χ4n) is 2.28. The van der Waals surface area contributed by atoms with Crippen LogP contribution in [0.3, 0.4) is 0 Å². The molecular formula is C19H20FNO4. The number of aliphatic carboxylic acids is 1. The quantitative estimate of drug-likeness (QED) is 0.771. The highest BCUT2D eigenvalue weighted by molar-refractivity contribution is 5.78. The van der Waals surface area contributed by atoms with Gasteiger partial charge in [0.05, 0.1) is 6.54 Å². The number of hydrogen-bond donors (Lipinski definition) is 2. The average Bonchev–Trinajstić information content (AvgIpc) is 2.58. The molecule has 0 aliphatic carbocycles. The van der Waals surface area contributed by atoms with Gasteiger partial charge in [-0.2, -0.15) is 0 Å². The molecule has 6 heteroatoms. The molecule has 0 radical (unpaired) electrons. The lowest BCUT2D eigenvalue weighted by molar-refractivity contribution is -0.145. The SMILES string of the molecule is Cc1cccc(CCC(=O)NCC(Oc2ccc(F)cc2)C(=O)O)c1. The van der Waals surface area contributed by atoms with E-state index in [4.69, 9.17) is 4.74 Å². The van der Waals surface area contributed by atoms with Gasteiger partial charge in [-0.05, 0) is 43.2 Å². The first-order valence-corrected chi connectivity index (χ1v) is 7.91. The molecule has 1 atom stereocenters. The van der Waals surface area contributed by atoms with Crippen LogP contribution in [0.25, 0.3) is 0 Å². The van der Waals surface area contributed by atoms with Crippen LogP contribution in [-0.2, 0) is 16.0 Å². The Kier molecular flexibility index (Phi) is 6.51. The molecule has 2 N–H and O–H groups in total. The number of aryl methyl sites for hydroxylation is 2. The molecule has 1 amide bonds. The van der Waals surface area contributed by atoms with Crippen LogP contribution in [0.1, 0.15) is 17.5 Å². The largest absolute Gasteiger partial charge is 0.478 e. The molecule has 0 aromatic heterocycles. The van der Waals surface area contributed by atoms with Gasteiger partial charge >= 0.3 is 5.97 Å². The second kappa shape index (κ2) is 8.82. The predicted molar refractivity (Wildman–Crippen MR) is 91.0 cm³/mol. The third-order valence-electron chi connectivity index (χ3n) is 3.58. The van der Waals surface area contributed by atoms with Gasteiger partial charge < -0.3 is 15.2 Å². The fraction of sp³-hybridized carbons (Fsp3) is 0.263. The van der Waals surface area contributed by atoms with Crippen LogP contribution in [0, 0.1) is 12.7 Å². The predicted octanol–water partition coefficient (Wildman–Crippen LogP) is 2.72. The molecule has 2 aromatic rings. The summed E-state index contributed by atoms with van der Waals surface area (Å²) in [6.45, 7) is 1.81. The highest BCUT2D eigenvalue weighted by atomic mass is 19.1. The molecule has 25 heavy (non-hydrogen) atoms. The lowest BCUT2D eigenvalue weighted by Crippen LogP contribution is -2.40. The average molecular weight is 345 g/mol. The van der Waals surface area contributed by atoms with Crippen LogP contribution < -0.4 is 10.1 Å². The number of amides is 1. The molecular weight excluding hydrogens is 325 g/mol. The molecule has 2 aromatic carbocycles. The van der Waals surface area contributed by atoms with E-state index >= 15 is 0 Å². The molecule has 2 rings (SSSR count). The van der Waals surface area contributed by atoms with E-state index in [2.05, 4.69) is 5.32 Å². The van der Waals surface area contributed by atoms with E-state index in [0.29, 0.717) is 6.42 Å². The molecule has 132 valence electrons. The Morgan fingerprint density at radius 3 is 2.56 bits per heavy atom. The van der Waals surface area contributed by atoms with Crippen molar-refractivity contribution in [1.82, 2.24) is 5.32 Å². The summed E-state index contributed by atoms with van der Waals surface area (Å²) in [6, 6.07) is 12.9. The van der Waals surface area contributed by atoms with Gasteiger partial charge in [0.1, 0.15) is 11.6 Å². The second-order valence-electron chi connectivity index (χ2n) is 5.69. The lowest BCUT2D eigenvalue weighted by Gasteiger charge is -2.16. The first-order chi connectivity index (χ1) is 11.9. The van der Waals surface area contributed by atoms with Gasteiger partial charge in [-0.1, -0.05) is 29.8 Å². The number of carboxylic acids is 1. The van der Waals surface area contributed by atoms with E-state index in [0.717, 1.165) is 11.1 Å². The van der Waals surface area contributed by atoms with Crippen molar-refractivity contribution in [3.05, 3.63) is 65.5 Å². The van der Waals surface area contributed by atoms with Crippen LogP contribution in [0.4, 0.5) is 4.39 Å². The first-order valence-electron chi connectivity index (χ1n) is 7.91. The molecule has 0 bridgehead atoms. The lowest BCUT2D eigenvalue weighted by atomic mass is 10.1. The third-order valence-corrected chi connectivity index (χ3v) is 3.58. The van der Waals surface area contributed by atoms with E-state index in [-0.39, 0.29) is 24.6 Å². The van der Waals surface area contributed by atoms with Crippen molar-refractivity contribution in [2.45, 2.75) is 25.9 Å². The number of carbonyl (C=O) groups is 2. The Balaban J connectivity index is 1.82. The smallest absolute Gasteiger partial charge is 0.346 e. The molecule has 5 nitrogen and oxygen atoms in total. The zero-order valence-electron chi connectivity index (χ0n) is 13.9. The molecule has 0 aliphatic rings. The van der Waals surface area contributed by atoms with Crippen LogP contribution in [0.5, 0.6) is 5.75 Å². The van der Waals surface area contributed by atoms with Crippen molar-refractivity contribution in [3.8, 4) is 5.75 Å². The Morgan fingerprint density at radius 2 is 1.92 bits per heavy atom. The van der Waals surface area contributed by atoms with Crippen molar-refractivity contribution in [2.24, 2.45) is 0 Å². The van der Waals surface area contributed by atoms with Crippen molar-refractivity contribution in [3.63, 3.8) is 0 Å². The van der Waals surface area contributed by atoms with Gasteiger partial charge in [0.2, 0.25) is 12.0 Å². The number of ether oxygens (including phenoxy) is 1. The summed E-state index contributed by atoms with van der Waals surface area (Å²) in [6.07, 6.45) is -0.412. The van der Waals surface area contributed by atoms with Crippen molar-refractivity contribution >= 4 is 11.9 Å². The minimum Gasteiger partial charge on any atom is -0.478 e. The molecule has 0 fully saturated rings. The van der Waals surface area contributed by atoms with Gasteiger partial charge in [-0.3, -0.25) is 4.79 Å². The molecule has 0 saturated heterocycles. The number of benzene rings is 2. The highest BCUT2D eigenvalue weighted by Crippen LogP contribution is 2.13. The van der Waals surface area contributed by atoms with Gasteiger partial charge in [-0.25, -0.2) is 9.18 Å². The number of halogens is 1. The van der Waals surface area contributed by atoms with Gasteiger partial charge in [0.15, 0.2) is 0 Å². The topological polar surface area (TPSA) is 75.6 Å². The highest BCUT2D eigenvalue weighted by Gasteiger charge is 2.20. The Bertz CT molecular complexity index is 730. The van der Waals surface area contributed by atoms with Crippen LogP contribution >= 0.6 is 0 Å². The number of carbonyl (C=O) groups excluding carboxylic acids is 1. The summed E-state index contributed by atoms with van der Waals surface area (Å²) in [4.78, 5) is 23.2. The van der Waals surface area contributed by atoms with E-state index in [1.54, 1.807) is 0 Å². The zero-order valence-corrected chi connectivity index (χ0v) is 13.9. The van der Waals surface area contributed by atoms with Crippen LogP contribution in [0.15, 0.2) is 48.5 Å². The molecule has 0 spiro atoms. The normalized spacial score (nSPS) is 11.6. The molecule has 0 aliphatic heterocycles. The maximum atomic E-state index is 12.9. The monoisotopic (exact) mass is 345 g/mol. The minimum absolute atomic E-state index is 0.167. The third kappa shape index (κ3) is 6.25. The summed E-state index contributed by atoms with van der Waals surface area (Å²) in [5.74, 6) is -1.68. The molecule has 0 saturated carbocycles. The van der Waals surface area contributed by atoms with E-state index in [1.165, 1.54) is 24.3 Å². The Labute approximate surface area is 145 Å². The van der Waals surface area contributed by atoms with E-state index in [1.807, 2.05) is 31.2 Å². The number of hydrogen-bond acceptors (Lipinski definition) is 3. The van der Waals surface area contributed by atoms with Gasteiger partial charge in [0.25, 0.3) is 0 Å². The fourth-order valence-corrected chi connectivity index (χ4v) is 2.28. The molecule has 0 heterocycles. The number of nitrogens with one attached hydrogen (secondary N) is 1. The number of rotatable bonds is 8. The van der Waals surface area contributed by atoms with Crippen LogP contribution in [-0.4, -0.2) is 29.6 Å². The van der Waals surface area contributed by atoms with Gasteiger partial charge in [0, 0.05) is 6.42 Å². The van der Waals surface area contributed by atoms with E-state index in [9.17, 15) is 19.1 Å². The second-order valence-corrected chi connectivity index (χ2v) is 5.69. The standard InChI is InChI=1S/C19H20FNO4/c1-13-3-2-4-14(11-13)5-10-18(22)21-12-17(19(23)24)25-16-8-6-15(20)7-9-16/h2-4,6-9,11,17H,5,10,12H2,1H3,(H,21,22)(H,23,24). The van der Waals surface area contributed by atoms with Crippen molar-refractivity contribution in [1.29, 1.82) is 0 Å². The maximum Gasteiger partial charge on any atom is 0.346 e. The molecule has 1 unspecified atom stereocenters.